The Morgan fingerprint density at radius 2 is 1.32 bits per heavy atom. The molecule has 0 aromatic carbocycles. The molecule has 0 saturated carbocycles. The highest BCUT2D eigenvalue weighted by atomic mass is 16.3. The van der Waals surface area contributed by atoms with E-state index in [0.29, 0.717) is 24.4 Å². The van der Waals surface area contributed by atoms with E-state index in [1.54, 1.807) is 10.0 Å². The molecule has 0 aliphatic heterocycles. The van der Waals surface area contributed by atoms with Gasteiger partial charge in [0.15, 0.2) is 0 Å². The number of nitrogens with zero attached hydrogens (tertiary/aromatic N) is 5. The van der Waals surface area contributed by atoms with E-state index >= 15 is 0 Å². The second-order valence-corrected chi connectivity index (χ2v) is 6.20. The van der Waals surface area contributed by atoms with E-state index in [0.717, 1.165) is 38.8 Å². The minimum Gasteiger partial charge on any atom is -0.395 e. The molecule has 0 bridgehead atoms. The highest BCUT2D eigenvalue weighted by Crippen LogP contribution is 2.15. The highest BCUT2D eigenvalue weighted by molar-refractivity contribution is 5.44. The van der Waals surface area contributed by atoms with Crippen molar-refractivity contribution in [3.8, 4) is 0 Å². The maximum Gasteiger partial charge on any atom is 0.262 e. The number of nitrogens with one attached hydrogen (secondary N) is 3. The molecule has 6 N–H and O–H groups in total. The maximum atomic E-state index is 9.32. The van der Waals surface area contributed by atoms with Crippen molar-refractivity contribution >= 4 is 17.8 Å². The van der Waals surface area contributed by atoms with Crippen LogP contribution in [0.3, 0.4) is 0 Å². The van der Waals surface area contributed by atoms with Gasteiger partial charge in [-0.3, -0.25) is 0 Å². The quantitative estimate of drug-likeness (QED) is 0.149. The fourth-order valence-corrected chi connectivity index (χ4v) is 2.33. The molecule has 1 aromatic rings. The maximum absolute atomic E-state index is 9.32. The van der Waals surface area contributed by atoms with Crippen LogP contribution in [-0.2, 0) is 0 Å². The highest BCUT2D eigenvalue weighted by Gasteiger charge is 2.17. The Balaban J connectivity index is 3.14. The first-order chi connectivity index (χ1) is 13.7. The molecule has 0 radical (unpaired) electrons. The van der Waals surface area contributed by atoms with Gasteiger partial charge in [-0.2, -0.15) is 15.0 Å². The van der Waals surface area contributed by atoms with Crippen LogP contribution in [0, 0.1) is 0 Å². The van der Waals surface area contributed by atoms with Gasteiger partial charge in [-0.05, 0) is 12.8 Å². The molecule has 11 heteroatoms. The van der Waals surface area contributed by atoms with Gasteiger partial charge in [-0.1, -0.05) is 26.7 Å². The monoisotopic (exact) mass is 400 g/mol. The number of aromatic nitrogens is 3. The molecular formula is C17H36N8O3. The summed E-state index contributed by atoms with van der Waals surface area (Å²) < 4.78 is 0. The van der Waals surface area contributed by atoms with Gasteiger partial charge in [0, 0.05) is 32.7 Å². The Morgan fingerprint density at radius 1 is 0.750 bits per heavy atom. The van der Waals surface area contributed by atoms with E-state index in [2.05, 4.69) is 45.0 Å². The van der Waals surface area contributed by atoms with Crippen LogP contribution >= 0.6 is 0 Å². The first-order valence-electron chi connectivity index (χ1n) is 10.0. The molecule has 1 rings (SSSR count). The van der Waals surface area contributed by atoms with Crippen molar-refractivity contribution in [3.63, 3.8) is 0 Å². The van der Waals surface area contributed by atoms with E-state index in [4.69, 9.17) is 5.11 Å². The molecule has 0 aliphatic rings. The SMILES string of the molecule is CCCCNN(NCCCC)c1nc(NCCO)nc(N(CCO)CCO)n1. The standard InChI is InChI=1S/C17H36N8O3/c1-3-5-7-19-25(20-8-6-4-2)17-22-15(18-9-12-26)21-16(23-17)24(10-13-27)11-14-28/h19-20,26-28H,3-14H2,1-2H3,(H,18,21,22,23). The number of hydrazine groups is 2. The summed E-state index contributed by atoms with van der Waals surface area (Å²) in [5.74, 6) is 1.03. The zero-order valence-corrected chi connectivity index (χ0v) is 17.1. The predicted molar refractivity (Wildman–Crippen MR) is 110 cm³/mol. The second-order valence-electron chi connectivity index (χ2n) is 6.20. The van der Waals surface area contributed by atoms with Crippen molar-refractivity contribution in [3.05, 3.63) is 0 Å². The molecule has 0 unspecified atom stereocenters. The normalized spacial score (nSPS) is 10.9. The summed E-state index contributed by atoms with van der Waals surface area (Å²) in [6.07, 6.45) is 4.12. The average molecular weight is 401 g/mol. The average Bonchev–Trinajstić information content (AvgIpc) is 2.71. The van der Waals surface area contributed by atoms with Crippen molar-refractivity contribution in [2.75, 3.05) is 67.9 Å². The molecule has 0 fully saturated rings. The van der Waals surface area contributed by atoms with E-state index in [1.807, 2.05) is 0 Å². The summed E-state index contributed by atoms with van der Waals surface area (Å²) in [6.45, 7) is 6.40. The van der Waals surface area contributed by atoms with Crippen LogP contribution in [0.5, 0.6) is 0 Å². The molecule has 0 amide bonds. The summed E-state index contributed by atoms with van der Waals surface area (Å²) >= 11 is 0. The number of anilines is 3. The van der Waals surface area contributed by atoms with Gasteiger partial charge in [0.25, 0.3) is 5.95 Å². The van der Waals surface area contributed by atoms with Crippen LogP contribution < -0.4 is 26.2 Å². The molecular weight excluding hydrogens is 364 g/mol. The Bertz CT molecular complexity index is 507. The first-order valence-corrected chi connectivity index (χ1v) is 10.0. The second kappa shape index (κ2) is 15.2. The van der Waals surface area contributed by atoms with Gasteiger partial charge in [0.05, 0.1) is 19.8 Å². The number of unbranched alkanes of at least 4 members (excludes halogenated alkanes) is 2. The van der Waals surface area contributed by atoms with E-state index in [9.17, 15) is 10.2 Å². The lowest BCUT2D eigenvalue weighted by atomic mass is 10.3. The van der Waals surface area contributed by atoms with E-state index in [-0.39, 0.29) is 32.9 Å². The third-order valence-corrected chi connectivity index (χ3v) is 3.83. The zero-order valence-electron chi connectivity index (χ0n) is 17.1. The lowest BCUT2D eigenvalue weighted by molar-refractivity contribution is 0.280. The van der Waals surface area contributed by atoms with Gasteiger partial charge in [-0.25, -0.2) is 16.0 Å². The molecule has 28 heavy (non-hydrogen) atoms. The number of hydrogen-bond donors (Lipinski definition) is 6. The summed E-state index contributed by atoms with van der Waals surface area (Å²) in [7, 11) is 0. The summed E-state index contributed by atoms with van der Waals surface area (Å²) in [5, 5.41) is 32.4. The third-order valence-electron chi connectivity index (χ3n) is 3.83. The first kappa shape index (κ1) is 24.2. The van der Waals surface area contributed by atoms with Gasteiger partial charge in [-0.15, -0.1) is 0 Å². The third kappa shape index (κ3) is 8.93. The Morgan fingerprint density at radius 3 is 1.82 bits per heavy atom. The van der Waals surface area contributed by atoms with Crippen molar-refractivity contribution in [1.29, 1.82) is 0 Å². The van der Waals surface area contributed by atoms with Crippen LogP contribution in [0.4, 0.5) is 17.8 Å². The lowest BCUT2D eigenvalue weighted by Gasteiger charge is -2.26. The van der Waals surface area contributed by atoms with Crippen molar-refractivity contribution in [2.45, 2.75) is 39.5 Å². The Kier molecular flexibility index (Phi) is 13.1. The zero-order chi connectivity index (χ0) is 20.6. The number of rotatable bonds is 17. The van der Waals surface area contributed by atoms with Gasteiger partial charge < -0.3 is 25.5 Å². The Labute approximate surface area is 167 Å². The predicted octanol–water partition coefficient (Wildman–Crippen LogP) is -0.517. The fraction of sp³-hybridized carbons (Fsp3) is 0.824. The topological polar surface area (TPSA) is 142 Å². The molecule has 0 aliphatic carbocycles. The van der Waals surface area contributed by atoms with E-state index in [1.165, 1.54) is 0 Å². The Hall–Kier alpha value is -1.79. The van der Waals surface area contributed by atoms with Crippen LogP contribution in [0.1, 0.15) is 39.5 Å². The summed E-state index contributed by atoms with van der Waals surface area (Å²) in [4.78, 5) is 15.0. The lowest BCUT2D eigenvalue weighted by Crippen LogP contribution is -2.50. The number of aliphatic hydroxyl groups excluding tert-OH is 3. The van der Waals surface area contributed by atoms with Gasteiger partial charge in [0.1, 0.15) is 0 Å². The molecule has 1 aromatic heterocycles. The molecule has 0 spiro atoms. The van der Waals surface area contributed by atoms with Crippen LogP contribution in [0.2, 0.25) is 0 Å². The molecule has 11 nitrogen and oxygen atoms in total. The summed E-state index contributed by atoms with van der Waals surface area (Å²) in [5.41, 5.74) is 6.57. The minimum atomic E-state index is -0.0897. The van der Waals surface area contributed by atoms with Crippen molar-refractivity contribution in [1.82, 2.24) is 25.8 Å². The number of aliphatic hydroxyl groups is 3. The molecule has 1 heterocycles. The van der Waals surface area contributed by atoms with Crippen LogP contribution in [0.15, 0.2) is 0 Å². The minimum absolute atomic E-state index is 0.0550. The molecule has 162 valence electrons. The smallest absolute Gasteiger partial charge is 0.262 e. The molecule has 0 atom stereocenters. The fourth-order valence-electron chi connectivity index (χ4n) is 2.33. The van der Waals surface area contributed by atoms with Crippen molar-refractivity contribution < 1.29 is 15.3 Å². The van der Waals surface area contributed by atoms with Crippen molar-refractivity contribution in [2.24, 2.45) is 0 Å². The van der Waals surface area contributed by atoms with Crippen LogP contribution in [0.25, 0.3) is 0 Å². The van der Waals surface area contributed by atoms with Crippen LogP contribution in [-0.4, -0.2) is 82.8 Å². The van der Waals surface area contributed by atoms with Gasteiger partial charge >= 0.3 is 0 Å². The van der Waals surface area contributed by atoms with E-state index < -0.39 is 0 Å². The van der Waals surface area contributed by atoms with Gasteiger partial charge in [0.2, 0.25) is 11.9 Å². The molecule has 0 saturated heterocycles. The largest absolute Gasteiger partial charge is 0.395 e. The number of hydrogen-bond acceptors (Lipinski definition) is 11. The summed E-state index contributed by atoms with van der Waals surface area (Å²) in [6, 6.07) is 0.